The Morgan fingerprint density at radius 3 is 2.68 bits per heavy atom. The van der Waals surface area contributed by atoms with Gasteiger partial charge in [0.2, 0.25) is 0 Å². The van der Waals surface area contributed by atoms with Gasteiger partial charge in [0.25, 0.3) is 0 Å². The van der Waals surface area contributed by atoms with Crippen molar-refractivity contribution in [2.45, 2.75) is 0 Å². The molecule has 2 N–H and O–H groups in total. The number of fused-ring (bicyclic) bond motifs is 1. The van der Waals surface area contributed by atoms with Crippen molar-refractivity contribution in [3.8, 4) is 0 Å². The Balaban J connectivity index is 1.88. The molecule has 2 amide bonds. The van der Waals surface area contributed by atoms with E-state index in [9.17, 15) is 14.4 Å². The van der Waals surface area contributed by atoms with Gasteiger partial charge in [-0.3, -0.25) is 10.2 Å². The number of rotatable bonds is 3. The van der Waals surface area contributed by atoms with Gasteiger partial charge in [-0.2, -0.15) is 0 Å². The largest absolute Gasteiger partial charge is 0.477 e. The zero-order valence-corrected chi connectivity index (χ0v) is 14.4. The minimum absolute atomic E-state index is 0.204. The van der Waals surface area contributed by atoms with Gasteiger partial charge < -0.3 is 9.52 Å². The smallest absolute Gasteiger partial charge is 0.351 e. The molecule has 0 aliphatic carbocycles. The number of amides is 2. The lowest BCUT2D eigenvalue weighted by Crippen LogP contribution is -2.31. The van der Waals surface area contributed by atoms with E-state index in [2.05, 4.69) is 5.32 Å². The molecule has 2 heterocycles. The van der Waals surface area contributed by atoms with E-state index in [4.69, 9.17) is 21.1 Å². The molecule has 0 saturated carbocycles. The third kappa shape index (κ3) is 3.35. The van der Waals surface area contributed by atoms with Crippen molar-refractivity contribution >= 4 is 55.9 Å². The molecule has 0 bridgehead atoms. The van der Waals surface area contributed by atoms with Crippen LogP contribution in [0.5, 0.6) is 0 Å². The van der Waals surface area contributed by atoms with Gasteiger partial charge in [-0.25, -0.2) is 14.4 Å². The highest BCUT2D eigenvalue weighted by Gasteiger charge is 2.17. The van der Waals surface area contributed by atoms with Crippen LogP contribution in [0.4, 0.5) is 15.5 Å². The number of hydrogen-bond acceptors (Lipinski definition) is 5. The highest BCUT2D eigenvalue weighted by Crippen LogP contribution is 2.30. The first kappa shape index (κ1) is 17.0. The molecule has 0 saturated heterocycles. The van der Waals surface area contributed by atoms with Crippen LogP contribution in [0.25, 0.3) is 10.3 Å². The first-order valence-electron chi connectivity index (χ1n) is 6.97. The second-order valence-corrected chi connectivity index (χ2v) is 6.52. The molecule has 0 spiro atoms. The van der Waals surface area contributed by atoms with E-state index in [0.29, 0.717) is 20.4 Å². The number of nitrogens with zero attached hydrogens (tertiary/aromatic N) is 1. The fraction of sp³-hybridized carbons (Fsp3) is 0.0625. The number of nitrogens with one attached hydrogen (secondary N) is 1. The summed E-state index contributed by atoms with van der Waals surface area (Å²) >= 11 is 7.17. The van der Waals surface area contributed by atoms with Crippen molar-refractivity contribution in [3.05, 3.63) is 57.4 Å². The molecular weight excluding hydrogens is 368 g/mol. The zero-order valence-electron chi connectivity index (χ0n) is 12.8. The third-order valence-electron chi connectivity index (χ3n) is 3.40. The van der Waals surface area contributed by atoms with Crippen LogP contribution in [0.15, 0.2) is 45.6 Å². The monoisotopic (exact) mass is 378 g/mol. The summed E-state index contributed by atoms with van der Waals surface area (Å²) in [6.45, 7) is 0. The number of benzene rings is 1. The molecule has 3 aromatic rings. The normalized spacial score (nSPS) is 10.6. The van der Waals surface area contributed by atoms with Crippen molar-refractivity contribution in [1.29, 1.82) is 0 Å². The molecule has 0 fully saturated rings. The molecule has 0 atom stereocenters. The highest BCUT2D eigenvalue weighted by molar-refractivity contribution is 7.22. The predicted octanol–water partition coefficient (Wildman–Crippen LogP) is 3.87. The molecule has 25 heavy (non-hydrogen) atoms. The number of para-hydroxylation sites is 1. The maximum atomic E-state index is 12.4. The molecule has 0 aliphatic rings. The maximum Gasteiger partial charge on any atom is 0.351 e. The van der Waals surface area contributed by atoms with Gasteiger partial charge in [-0.1, -0.05) is 23.7 Å². The van der Waals surface area contributed by atoms with E-state index in [1.54, 1.807) is 31.3 Å². The topological polar surface area (TPSA) is 99.9 Å². The molecule has 2 aromatic heterocycles. The lowest BCUT2D eigenvalue weighted by molar-refractivity contribution is 0.0692. The molecule has 0 unspecified atom stereocenters. The van der Waals surface area contributed by atoms with E-state index in [-0.39, 0.29) is 5.58 Å². The first-order chi connectivity index (χ1) is 11.9. The van der Waals surface area contributed by atoms with E-state index < -0.39 is 23.2 Å². The second-order valence-electron chi connectivity index (χ2n) is 5.03. The molecule has 3 rings (SSSR count). The summed E-state index contributed by atoms with van der Waals surface area (Å²) in [5.41, 5.74) is -0.664. The number of halogens is 1. The molecule has 128 valence electrons. The molecule has 7 nitrogen and oxygen atoms in total. The lowest BCUT2D eigenvalue weighted by Gasteiger charge is -2.18. The highest BCUT2D eigenvalue weighted by atomic mass is 35.5. The van der Waals surface area contributed by atoms with Crippen molar-refractivity contribution < 1.29 is 19.1 Å². The van der Waals surface area contributed by atoms with Crippen LogP contribution in [-0.4, -0.2) is 24.2 Å². The van der Waals surface area contributed by atoms with Crippen molar-refractivity contribution in [2.24, 2.45) is 0 Å². The van der Waals surface area contributed by atoms with Crippen LogP contribution in [-0.2, 0) is 0 Å². The second kappa shape index (κ2) is 6.58. The third-order valence-corrected chi connectivity index (χ3v) is 4.70. The number of thiophene rings is 1. The van der Waals surface area contributed by atoms with Crippen LogP contribution < -0.4 is 15.8 Å². The molecule has 0 radical (unpaired) electrons. The fourth-order valence-corrected chi connectivity index (χ4v) is 3.33. The van der Waals surface area contributed by atoms with Crippen LogP contribution in [0.2, 0.25) is 5.02 Å². The first-order valence-corrected chi connectivity index (χ1v) is 8.16. The summed E-state index contributed by atoms with van der Waals surface area (Å²) in [6.07, 6.45) is 0. The van der Waals surface area contributed by atoms with Crippen LogP contribution in [0.3, 0.4) is 0 Å². The Bertz CT molecular complexity index is 1040. The number of anilines is 2. The lowest BCUT2D eigenvalue weighted by atomic mass is 10.3. The summed E-state index contributed by atoms with van der Waals surface area (Å²) in [6, 6.07) is 9.12. The van der Waals surface area contributed by atoms with E-state index in [0.717, 1.165) is 11.3 Å². The minimum atomic E-state index is -1.37. The van der Waals surface area contributed by atoms with Gasteiger partial charge in [-0.05, 0) is 18.2 Å². The predicted molar refractivity (Wildman–Crippen MR) is 96.2 cm³/mol. The van der Waals surface area contributed by atoms with Crippen LogP contribution in [0.1, 0.15) is 10.4 Å². The van der Waals surface area contributed by atoms with Gasteiger partial charge in [0.15, 0.2) is 5.58 Å². The Labute approximate surface area is 150 Å². The quantitative estimate of drug-likeness (QED) is 0.720. The number of aromatic carboxylic acids is 1. The molecule has 1 aromatic carbocycles. The van der Waals surface area contributed by atoms with Gasteiger partial charge in [0.05, 0.1) is 15.4 Å². The minimum Gasteiger partial charge on any atom is -0.477 e. The van der Waals surface area contributed by atoms with E-state index in [1.165, 1.54) is 17.0 Å². The summed E-state index contributed by atoms with van der Waals surface area (Å²) < 4.78 is 5.41. The Kier molecular flexibility index (Phi) is 4.47. The Morgan fingerprint density at radius 1 is 1.28 bits per heavy atom. The molecule has 9 heteroatoms. The Hall–Kier alpha value is -2.84. The fourth-order valence-electron chi connectivity index (χ4n) is 2.15. The van der Waals surface area contributed by atoms with E-state index in [1.807, 2.05) is 0 Å². The van der Waals surface area contributed by atoms with E-state index >= 15 is 0 Å². The number of carboxylic acids is 1. The number of carboxylic acid groups (broad SMARTS) is 1. The van der Waals surface area contributed by atoms with Gasteiger partial charge in [-0.15, -0.1) is 11.3 Å². The summed E-state index contributed by atoms with van der Waals surface area (Å²) in [4.78, 5) is 36.3. The SMILES string of the molecule is CN(C(=O)Nc1cc2oc(=O)c(C(=O)O)cc2s1)c1ccccc1Cl. The molecular formula is C16H11ClN2O5S. The van der Waals surface area contributed by atoms with Crippen molar-refractivity contribution in [1.82, 2.24) is 0 Å². The van der Waals surface area contributed by atoms with Crippen LogP contribution in [0, 0.1) is 0 Å². The van der Waals surface area contributed by atoms with Gasteiger partial charge in [0.1, 0.15) is 10.6 Å². The zero-order chi connectivity index (χ0) is 18.1. The van der Waals surface area contributed by atoms with Gasteiger partial charge in [0, 0.05) is 13.1 Å². The number of carbonyl (C=O) groups excluding carboxylic acids is 1. The standard InChI is InChI=1S/C16H11ClN2O5S/c1-19(10-5-3-2-4-9(10)17)16(23)18-13-7-11-12(25-13)6-8(14(20)21)15(22)24-11/h2-7H,1H3,(H,18,23)(H,20,21). The van der Waals surface area contributed by atoms with Crippen molar-refractivity contribution in [2.75, 3.05) is 17.3 Å². The van der Waals surface area contributed by atoms with Crippen molar-refractivity contribution in [3.63, 3.8) is 0 Å². The molecule has 0 aliphatic heterocycles. The average molecular weight is 379 g/mol. The number of urea groups is 1. The number of carbonyl (C=O) groups is 2. The number of hydrogen-bond donors (Lipinski definition) is 2. The van der Waals surface area contributed by atoms with Crippen LogP contribution >= 0.6 is 22.9 Å². The maximum absolute atomic E-state index is 12.4. The summed E-state index contributed by atoms with van der Waals surface area (Å²) in [7, 11) is 1.56. The average Bonchev–Trinajstić information content (AvgIpc) is 2.94. The van der Waals surface area contributed by atoms with Gasteiger partial charge >= 0.3 is 17.6 Å². The Morgan fingerprint density at radius 2 is 2.00 bits per heavy atom. The summed E-state index contributed by atoms with van der Waals surface area (Å²) in [5.74, 6) is -1.37. The summed E-state index contributed by atoms with van der Waals surface area (Å²) in [5, 5.41) is 12.5.